The van der Waals surface area contributed by atoms with Crippen LogP contribution in [0.3, 0.4) is 0 Å². The van der Waals surface area contributed by atoms with Gasteiger partial charge in [0.2, 0.25) is 5.91 Å². The lowest BCUT2D eigenvalue weighted by Crippen LogP contribution is -2.27. The van der Waals surface area contributed by atoms with E-state index in [1.807, 2.05) is 6.07 Å². The van der Waals surface area contributed by atoms with Crippen LogP contribution in [0.4, 0.5) is 0 Å². The molecule has 0 atom stereocenters. The van der Waals surface area contributed by atoms with Gasteiger partial charge in [0, 0.05) is 12.5 Å². The molecule has 0 saturated heterocycles. The smallest absolute Gasteiger partial charge is 0.257 e. The predicted molar refractivity (Wildman–Crippen MR) is 49.3 cm³/mol. The Morgan fingerprint density at radius 2 is 1.86 bits per heavy atom. The van der Waals surface area contributed by atoms with Gasteiger partial charge in [-0.2, -0.15) is 5.26 Å². The molecule has 0 bridgehead atoms. The average molecular weight is 188 g/mol. The fourth-order valence-corrected chi connectivity index (χ4v) is 0.928. The number of rotatable bonds is 1. The van der Waals surface area contributed by atoms with Gasteiger partial charge in [-0.25, -0.2) is 0 Å². The highest BCUT2D eigenvalue weighted by atomic mass is 16.2. The molecule has 1 aromatic rings. The number of hydrogen-bond acceptors (Lipinski definition) is 3. The number of nitrogens with one attached hydrogen (secondary N) is 1. The van der Waals surface area contributed by atoms with Gasteiger partial charge in [-0.1, -0.05) is 0 Å². The van der Waals surface area contributed by atoms with Crippen molar-refractivity contribution >= 4 is 11.8 Å². The summed E-state index contributed by atoms with van der Waals surface area (Å²) < 4.78 is 0. The van der Waals surface area contributed by atoms with E-state index in [4.69, 9.17) is 5.26 Å². The number of nitrogens with zero attached hydrogens (tertiary/aromatic N) is 1. The quantitative estimate of drug-likeness (QED) is 0.709. The molecule has 14 heavy (non-hydrogen) atoms. The number of amides is 2. The SMILES string of the molecule is CC(=O)NC(=O)c1ccc(C#N)cc1. The number of carbonyl (C=O) groups excluding carboxylic acids is 2. The first-order chi connectivity index (χ1) is 6.63. The number of carbonyl (C=O) groups is 2. The van der Waals surface area contributed by atoms with E-state index in [0.29, 0.717) is 11.1 Å². The highest BCUT2D eigenvalue weighted by molar-refractivity contribution is 6.04. The summed E-state index contributed by atoms with van der Waals surface area (Å²) in [6.45, 7) is 1.27. The van der Waals surface area contributed by atoms with Crippen molar-refractivity contribution in [3.8, 4) is 6.07 Å². The number of hydrogen-bond donors (Lipinski definition) is 1. The molecule has 0 heterocycles. The van der Waals surface area contributed by atoms with Crippen molar-refractivity contribution < 1.29 is 9.59 Å². The van der Waals surface area contributed by atoms with E-state index >= 15 is 0 Å². The van der Waals surface area contributed by atoms with Gasteiger partial charge in [-0.3, -0.25) is 14.9 Å². The summed E-state index contributed by atoms with van der Waals surface area (Å²) in [4.78, 5) is 21.8. The first-order valence-electron chi connectivity index (χ1n) is 3.95. The lowest BCUT2D eigenvalue weighted by atomic mass is 10.1. The number of imide groups is 1. The van der Waals surface area contributed by atoms with Crippen molar-refractivity contribution in [2.75, 3.05) is 0 Å². The molecule has 2 amide bonds. The summed E-state index contributed by atoms with van der Waals surface area (Å²) in [6.07, 6.45) is 0. The standard InChI is InChI=1S/C10H8N2O2/c1-7(13)12-10(14)9-4-2-8(6-11)3-5-9/h2-5H,1H3,(H,12,13,14). The Kier molecular flexibility index (Phi) is 2.97. The van der Waals surface area contributed by atoms with E-state index in [0.717, 1.165) is 0 Å². The minimum absolute atomic E-state index is 0.360. The van der Waals surface area contributed by atoms with Crippen molar-refractivity contribution in [1.29, 1.82) is 5.26 Å². The third kappa shape index (κ3) is 2.42. The molecule has 4 nitrogen and oxygen atoms in total. The molecule has 1 rings (SSSR count). The van der Waals surface area contributed by atoms with Crippen LogP contribution in [-0.4, -0.2) is 11.8 Å². The van der Waals surface area contributed by atoms with Gasteiger partial charge in [0.1, 0.15) is 0 Å². The van der Waals surface area contributed by atoms with E-state index in [1.54, 1.807) is 0 Å². The summed E-state index contributed by atoms with van der Waals surface area (Å²) in [6, 6.07) is 7.97. The molecule has 0 fully saturated rings. The Morgan fingerprint density at radius 1 is 1.29 bits per heavy atom. The molecular weight excluding hydrogens is 180 g/mol. The van der Waals surface area contributed by atoms with E-state index in [1.165, 1.54) is 31.2 Å². The second-order valence-electron chi connectivity index (χ2n) is 2.70. The molecule has 0 unspecified atom stereocenters. The Hall–Kier alpha value is -2.15. The van der Waals surface area contributed by atoms with Gasteiger partial charge >= 0.3 is 0 Å². The highest BCUT2D eigenvalue weighted by Crippen LogP contribution is 2.02. The average Bonchev–Trinajstić information content (AvgIpc) is 2.17. The normalized spacial score (nSPS) is 8.86. The van der Waals surface area contributed by atoms with Crippen LogP contribution in [0, 0.1) is 11.3 Å². The molecule has 0 spiro atoms. The van der Waals surface area contributed by atoms with Gasteiger partial charge < -0.3 is 0 Å². The maximum absolute atomic E-state index is 11.2. The van der Waals surface area contributed by atoms with Crippen LogP contribution in [0.25, 0.3) is 0 Å². The molecule has 1 N–H and O–H groups in total. The van der Waals surface area contributed by atoms with Gasteiger partial charge in [0.25, 0.3) is 5.91 Å². The van der Waals surface area contributed by atoms with Crippen LogP contribution in [-0.2, 0) is 4.79 Å². The summed E-state index contributed by atoms with van der Waals surface area (Å²) in [7, 11) is 0. The van der Waals surface area contributed by atoms with Crippen LogP contribution >= 0.6 is 0 Å². The predicted octanol–water partition coefficient (Wildman–Crippen LogP) is 0.835. The second kappa shape index (κ2) is 4.19. The van der Waals surface area contributed by atoms with Crippen molar-refractivity contribution in [2.45, 2.75) is 6.92 Å². The first kappa shape index (κ1) is 9.93. The minimum atomic E-state index is -0.456. The van der Waals surface area contributed by atoms with Crippen LogP contribution in [0.2, 0.25) is 0 Å². The van der Waals surface area contributed by atoms with Crippen molar-refractivity contribution in [3.63, 3.8) is 0 Å². The Balaban J connectivity index is 2.83. The minimum Gasteiger partial charge on any atom is -0.293 e. The zero-order chi connectivity index (χ0) is 10.6. The molecule has 0 aliphatic carbocycles. The fourth-order valence-electron chi connectivity index (χ4n) is 0.928. The van der Waals surface area contributed by atoms with E-state index in [-0.39, 0.29) is 0 Å². The van der Waals surface area contributed by atoms with Crippen LogP contribution < -0.4 is 5.32 Å². The van der Waals surface area contributed by atoms with Gasteiger partial charge in [0.15, 0.2) is 0 Å². The lowest BCUT2D eigenvalue weighted by Gasteiger charge is -1.99. The van der Waals surface area contributed by atoms with Crippen molar-refractivity contribution in [1.82, 2.24) is 5.32 Å². The van der Waals surface area contributed by atoms with Gasteiger partial charge in [-0.05, 0) is 24.3 Å². The van der Waals surface area contributed by atoms with Crippen LogP contribution in [0.1, 0.15) is 22.8 Å². The Bertz CT molecular complexity index is 401. The summed E-state index contributed by atoms with van der Waals surface area (Å²) >= 11 is 0. The third-order valence-electron chi connectivity index (χ3n) is 1.57. The Morgan fingerprint density at radius 3 is 2.29 bits per heavy atom. The lowest BCUT2D eigenvalue weighted by molar-refractivity contribution is -0.118. The molecule has 0 aliphatic rings. The summed E-state index contributed by atoms with van der Waals surface area (Å²) in [5.74, 6) is -0.860. The van der Waals surface area contributed by atoms with Gasteiger partial charge in [0.05, 0.1) is 11.6 Å². The molecule has 0 saturated carbocycles. The first-order valence-corrected chi connectivity index (χ1v) is 3.95. The van der Waals surface area contributed by atoms with Crippen LogP contribution in [0.15, 0.2) is 24.3 Å². The number of benzene rings is 1. The molecule has 4 heteroatoms. The molecule has 0 radical (unpaired) electrons. The monoisotopic (exact) mass is 188 g/mol. The zero-order valence-electron chi connectivity index (χ0n) is 7.57. The molecular formula is C10H8N2O2. The largest absolute Gasteiger partial charge is 0.293 e. The number of nitriles is 1. The van der Waals surface area contributed by atoms with Crippen LogP contribution in [0.5, 0.6) is 0 Å². The fraction of sp³-hybridized carbons (Fsp3) is 0.100. The third-order valence-corrected chi connectivity index (χ3v) is 1.57. The Labute approximate surface area is 81.2 Å². The maximum atomic E-state index is 11.2. The molecule has 1 aromatic carbocycles. The summed E-state index contributed by atoms with van der Waals surface area (Å²) in [5.41, 5.74) is 0.837. The molecule has 0 aromatic heterocycles. The topological polar surface area (TPSA) is 70.0 Å². The molecule has 70 valence electrons. The van der Waals surface area contributed by atoms with E-state index in [9.17, 15) is 9.59 Å². The van der Waals surface area contributed by atoms with Crippen molar-refractivity contribution in [2.24, 2.45) is 0 Å². The second-order valence-corrected chi connectivity index (χ2v) is 2.70. The highest BCUT2D eigenvalue weighted by Gasteiger charge is 2.06. The van der Waals surface area contributed by atoms with E-state index in [2.05, 4.69) is 5.32 Å². The van der Waals surface area contributed by atoms with Gasteiger partial charge in [-0.15, -0.1) is 0 Å². The molecule has 0 aliphatic heterocycles. The maximum Gasteiger partial charge on any atom is 0.257 e. The van der Waals surface area contributed by atoms with Crippen molar-refractivity contribution in [3.05, 3.63) is 35.4 Å². The summed E-state index contributed by atoms with van der Waals surface area (Å²) in [5, 5.41) is 10.6. The van der Waals surface area contributed by atoms with E-state index < -0.39 is 11.8 Å². The zero-order valence-corrected chi connectivity index (χ0v) is 7.57.